The highest BCUT2D eigenvalue weighted by molar-refractivity contribution is 7.25. The molecule has 0 bridgehead atoms. The number of rotatable bonds is 2. The lowest BCUT2D eigenvalue weighted by Gasteiger charge is -2.18. The molecule has 8 rings (SSSR count). The first kappa shape index (κ1) is 20.9. The van der Waals surface area contributed by atoms with Crippen LogP contribution in [-0.4, -0.2) is 4.98 Å². The van der Waals surface area contributed by atoms with Crippen LogP contribution in [0.25, 0.3) is 70.2 Å². The molecule has 0 atom stereocenters. The minimum Gasteiger partial charge on any atom is -0.245 e. The number of aromatic nitrogens is 1. The number of thiophene rings is 1. The van der Waals surface area contributed by atoms with Crippen LogP contribution < -0.4 is 0 Å². The van der Waals surface area contributed by atoms with Crippen LogP contribution in [0, 0.1) is 0 Å². The number of aryl methyl sites for hydroxylation is 1. The summed E-state index contributed by atoms with van der Waals surface area (Å²) in [7, 11) is 0. The Bertz CT molecular complexity index is 2040. The maximum Gasteiger partial charge on any atom is 0.124 e. The van der Waals surface area contributed by atoms with E-state index in [0.717, 1.165) is 23.2 Å². The van der Waals surface area contributed by atoms with Crippen molar-refractivity contribution in [1.29, 1.82) is 0 Å². The van der Waals surface area contributed by atoms with Gasteiger partial charge in [-0.05, 0) is 86.5 Å². The zero-order chi connectivity index (χ0) is 24.3. The van der Waals surface area contributed by atoms with Gasteiger partial charge in [-0.1, -0.05) is 84.9 Å². The van der Waals surface area contributed by atoms with E-state index in [-0.39, 0.29) is 0 Å². The quantitative estimate of drug-likeness (QED) is 0.220. The summed E-state index contributed by atoms with van der Waals surface area (Å²) >= 11 is 1.76. The van der Waals surface area contributed by atoms with E-state index in [0.29, 0.717) is 0 Å². The third-order valence-corrected chi connectivity index (χ3v) is 8.88. The van der Waals surface area contributed by atoms with Crippen LogP contribution in [0.3, 0.4) is 0 Å². The molecule has 1 nitrogen and oxygen atoms in total. The summed E-state index contributed by atoms with van der Waals surface area (Å²) in [6.45, 7) is 0. The Kier molecular flexibility index (Phi) is 4.58. The van der Waals surface area contributed by atoms with Crippen LogP contribution in [-0.2, 0) is 6.42 Å². The highest BCUT2D eigenvalue weighted by atomic mass is 32.1. The van der Waals surface area contributed by atoms with Crippen molar-refractivity contribution in [2.75, 3.05) is 0 Å². The van der Waals surface area contributed by atoms with Crippen LogP contribution >= 0.6 is 11.3 Å². The topological polar surface area (TPSA) is 12.9 Å². The highest BCUT2D eigenvalue weighted by Crippen LogP contribution is 2.39. The average Bonchev–Trinajstić information content (AvgIpc) is 3.35. The van der Waals surface area contributed by atoms with Crippen molar-refractivity contribution in [1.82, 2.24) is 4.98 Å². The molecule has 0 N–H and O–H groups in total. The summed E-state index contributed by atoms with van der Waals surface area (Å²) in [5.41, 5.74) is 7.71. The maximum absolute atomic E-state index is 4.83. The second-order valence-electron chi connectivity index (χ2n) is 9.89. The van der Waals surface area contributed by atoms with Gasteiger partial charge < -0.3 is 0 Å². The molecule has 0 spiro atoms. The van der Waals surface area contributed by atoms with E-state index < -0.39 is 0 Å². The Balaban J connectivity index is 1.29. The van der Waals surface area contributed by atoms with Crippen LogP contribution in [0.1, 0.15) is 17.5 Å². The Hall–Kier alpha value is -4.27. The predicted octanol–water partition coefficient (Wildman–Crippen LogP) is 10.0. The van der Waals surface area contributed by atoms with Crippen molar-refractivity contribution in [2.24, 2.45) is 0 Å². The van der Waals surface area contributed by atoms with Crippen LogP contribution in [0.15, 0.2) is 109 Å². The summed E-state index contributed by atoms with van der Waals surface area (Å²) in [5.74, 6) is 0. The number of fused-ring (bicyclic) bond motifs is 9. The number of allylic oxidation sites excluding steroid dienone is 1. The van der Waals surface area contributed by atoms with Crippen molar-refractivity contribution in [3.05, 3.63) is 120 Å². The molecule has 1 aliphatic rings. The molecule has 0 radical (unpaired) electrons. The molecule has 174 valence electrons. The van der Waals surface area contributed by atoms with Gasteiger partial charge in [-0.3, -0.25) is 0 Å². The second-order valence-corrected chi connectivity index (χ2v) is 10.9. The summed E-state index contributed by atoms with van der Waals surface area (Å²) in [4.78, 5) is 5.92. The van der Waals surface area contributed by atoms with Gasteiger partial charge in [-0.15, -0.1) is 11.3 Å². The zero-order valence-electron chi connectivity index (χ0n) is 20.2. The van der Waals surface area contributed by atoms with E-state index in [1.165, 1.54) is 64.8 Å². The van der Waals surface area contributed by atoms with E-state index in [1.807, 2.05) is 6.20 Å². The third-order valence-electron chi connectivity index (χ3n) is 7.79. The predicted molar refractivity (Wildman–Crippen MR) is 160 cm³/mol. The van der Waals surface area contributed by atoms with Gasteiger partial charge in [0.2, 0.25) is 0 Å². The Labute approximate surface area is 219 Å². The fraction of sp³-hybridized carbons (Fsp3) is 0.0571. The van der Waals surface area contributed by atoms with E-state index in [9.17, 15) is 0 Å². The molecule has 2 heteroatoms. The fourth-order valence-electron chi connectivity index (χ4n) is 6.00. The first-order valence-electron chi connectivity index (χ1n) is 12.9. The minimum atomic E-state index is 1.10. The van der Waals surface area contributed by atoms with Gasteiger partial charge in [-0.2, -0.15) is 0 Å². The van der Waals surface area contributed by atoms with E-state index >= 15 is 0 Å². The molecule has 0 unspecified atom stereocenters. The third kappa shape index (κ3) is 3.26. The number of hydrogen-bond acceptors (Lipinski definition) is 2. The van der Waals surface area contributed by atoms with E-state index in [1.54, 1.807) is 11.3 Å². The fourth-order valence-corrected chi connectivity index (χ4v) is 7.03. The molecule has 2 heterocycles. The molecule has 0 amide bonds. The largest absolute Gasteiger partial charge is 0.245 e. The minimum absolute atomic E-state index is 1.10. The Morgan fingerprint density at radius 1 is 0.568 bits per heavy atom. The summed E-state index contributed by atoms with van der Waals surface area (Å²) in [6, 6.07) is 35.7. The van der Waals surface area contributed by atoms with Crippen LogP contribution in [0.2, 0.25) is 0 Å². The van der Waals surface area contributed by atoms with Gasteiger partial charge in [-0.25, -0.2) is 4.98 Å². The van der Waals surface area contributed by atoms with Crippen molar-refractivity contribution in [3.8, 4) is 22.3 Å². The van der Waals surface area contributed by atoms with Crippen molar-refractivity contribution < 1.29 is 0 Å². The van der Waals surface area contributed by atoms with E-state index in [2.05, 4.69) is 109 Å². The SMILES string of the molecule is C1=Cc2c(c3ccccc3c3cc(-c4cccc(-c5cnc6sc7ccccc7c6c5)c4)ccc23)CC1. The molecule has 2 aromatic heterocycles. The van der Waals surface area contributed by atoms with Crippen molar-refractivity contribution in [3.63, 3.8) is 0 Å². The number of pyridine rings is 1. The molecule has 1 aliphatic carbocycles. The van der Waals surface area contributed by atoms with Gasteiger partial charge in [0.25, 0.3) is 0 Å². The Morgan fingerprint density at radius 3 is 2.24 bits per heavy atom. The first-order chi connectivity index (χ1) is 18.3. The molecular formula is C35H23NS. The van der Waals surface area contributed by atoms with Crippen LogP contribution in [0.4, 0.5) is 0 Å². The lowest BCUT2D eigenvalue weighted by molar-refractivity contribution is 1.00. The summed E-state index contributed by atoms with van der Waals surface area (Å²) in [5, 5.41) is 7.94. The average molecular weight is 490 g/mol. The molecular weight excluding hydrogens is 466 g/mol. The molecule has 0 saturated carbocycles. The lowest BCUT2D eigenvalue weighted by atomic mass is 9.86. The van der Waals surface area contributed by atoms with Crippen LogP contribution in [0.5, 0.6) is 0 Å². The molecule has 0 fully saturated rings. The number of benzene rings is 5. The van der Waals surface area contributed by atoms with Gasteiger partial charge in [0, 0.05) is 27.2 Å². The second kappa shape index (κ2) is 8.12. The van der Waals surface area contributed by atoms with Crippen molar-refractivity contribution in [2.45, 2.75) is 12.8 Å². The normalized spacial score (nSPS) is 13.1. The van der Waals surface area contributed by atoms with Gasteiger partial charge in [0.15, 0.2) is 0 Å². The molecule has 5 aromatic carbocycles. The first-order valence-corrected chi connectivity index (χ1v) is 13.7. The highest BCUT2D eigenvalue weighted by Gasteiger charge is 2.15. The molecule has 7 aromatic rings. The molecule has 0 aliphatic heterocycles. The summed E-state index contributed by atoms with van der Waals surface area (Å²) in [6.07, 6.45) is 8.89. The van der Waals surface area contributed by atoms with Crippen molar-refractivity contribution >= 4 is 59.3 Å². The van der Waals surface area contributed by atoms with Gasteiger partial charge >= 0.3 is 0 Å². The number of nitrogens with zero attached hydrogens (tertiary/aromatic N) is 1. The van der Waals surface area contributed by atoms with E-state index in [4.69, 9.17) is 4.98 Å². The van der Waals surface area contributed by atoms with Gasteiger partial charge in [0.05, 0.1) is 0 Å². The lowest BCUT2D eigenvalue weighted by Crippen LogP contribution is -1.97. The standard InChI is InChI=1S/C35H23NS/c1-2-12-28-26(10-1)27-11-3-4-13-29(27)32-19-24(16-17-30(28)32)22-8-7-9-23(18-22)25-20-33-31-14-5-6-15-34(31)37-35(33)36-21-25/h2-9,11-21H,1,10H2. The summed E-state index contributed by atoms with van der Waals surface area (Å²) < 4.78 is 1.29. The number of hydrogen-bond donors (Lipinski definition) is 0. The smallest absolute Gasteiger partial charge is 0.124 e. The Morgan fingerprint density at radius 2 is 1.32 bits per heavy atom. The monoisotopic (exact) mass is 489 g/mol. The van der Waals surface area contributed by atoms with Gasteiger partial charge in [0.1, 0.15) is 4.83 Å². The molecule has 0 saturated heterocycles. The zero-order valence-corrected chi connectivity index (χ0v) is 21.1. The molecule has 37 heavy (non-hydrogen) atoms. The maximum atomic E-state index is 4.83.